The molecule has 3 heterocycles. The van der Waals surface area contributed by atoms with Crippen molar-refractivity contribution in [3.8, 4) is 0 Å². The van der Waals surface area contributed by atoms with Crippen LogP contribution in [0.5, 0.6) is 0 Å². The van der Waals surface area contributed by atoms with Crippen molar-refractivity contribution in [1.82, 2.24) is 14.5 Å². The van der Waals surface area contributed by atoms with Crippen molar-refractivity contribution in [3.05, 3.63) is 23.2 Å². The number of hydrogen-bond acceptors (Lipinski definition) is 3. The van der Waals surface area contributed by atoms with E-state index >= 15 is 0 Å². The van der Waals surface area contributed by atoms with E-state index < -0.39 is 0 Å². The maximum absolute atomic E-state index is 6.16. The highest BCUT2D eigenvalue weighted by Crippen LogP contribution is 2.39. The average Bonchev–Trinajstić information content (AvgIpc) is 3.03. The number of imidazole rings is 1. The van der Waals surface area contributed by atoms with Crippen LogP contribution in [0, 0.1) is 0 Å². The van der Waals surface area contributed by atoms with Crippen LogP contribution >= 0.6 is 11.6 Å². The molecule has 0 amide bonds. The van der Waals surface area contributed by atoms with E-state index in [1.807, 2.05) is 18.2 Å². The minimum absolute atomic E-state index is 0.450. The van der Waals surface area contributed by atoms with Gasteiger partial charge in [-0.3, -0.25) is 4.90 Å². The topological polar surface area (TPSA) is 47.1 Å². The Bertz CT molecular complexity index is 636. The number of benzene rings is 1. The predicted octanol–water partition coefficient (Wildman–Crippen LogP) is 2.68. The normalized spacial score (nSPS) is 27.2. The zero-order chi connectivity index (χ0) is 13.0. The highest BCUT2D eigenvalue weighted by Gasteiger charge is 2.39. The highest BCUT2D eigenvalue weighted by atomic mass is 35.5. The number of rotatable bonds is 1. The molecule has 2 atom stereocenters. The summed E-state index contributed by atoms with van der Waals surface area (Å²) in [5, 5.41) is 0.745. The van der Waals surface area contributed by atoms with Crippen molar-refractivity contribution in [1.29, 1.82) is 0 Å². The fourth-order valence-electron chi connectivity index (χ4n) is 3.79. The predicted molar refractivity (Wildman–Crippen MR) is 77.4 cm³/mol. The van der Waals surface area contributed by atoms with Gasteiger partial charge in [0.05, 0.1) is 17.1 Å². The fraction of sp³-hybridized carbons (Fsp3) is 0.500. The number of halogens is 1. The molecule has 2 N–H and O–H groups in total. The van der Waals surface area contributed by atoms with Crippen LogP contribution in [0.3, 0.4) is 0 Å². The van der Waals surface area contributed by atoms with Gasteiger partial charge in [-0.05, 0) is 44.0 Å². The zero-order valence-electron chi connectivity index (χ0n) is 10.7. The lowest BCUT2D eigenvalue weighted by atomic mass is 10.1. The van der Waals surface area contributed by atoms with E-state index in [-0.39, 0.29) is 0 Å². The number of aromatic nitrogens is 2. The molecule has 2 unspecified atom stereocenters. The van der Waals surface area contributed by atoms with Gasteiger partial charge in [0.2, 0.25) is 5.95 Å². The van der Waals surface area contributed by atoms with Crippen LogP contribution in [-0.2, 0) is 0 Å². The van der Waals surface area contributed by atoms with E-state index in [1.165, 1.54) is 25.9 Å². The van der Waals surface area contributed by atoms with Gasteiger partial charge in [-0.15, -0.1) is 0 Å². The number of nitrogens with zero attached hydrogens (tertiary/aromatic N) is 3. The Morgan fingerprint density at radius 2 is 2.11 bits per heavy atom. The van der Waals surface area contributed by atoms with Crippen molar-refractivity contribution in [3.63, 3.8) is 0 Å². The van der Waals surface area contributed by atoms with E-state index in [9.17, 15) is 0 Å². The molecule has 2 aromatic rings. The maximum atomic E-state index is 6.16. The highest BCUT2D eigenvalue weighted by molar-refractivity contribution is 6.31. The van der Waals surface area contributed by atoms with Crippen molar-refractivity contribution < 1.29 is 0 Å². The Labute approximate surface area is 117 Å². The van der Waals surface area contributed by atoms with Gasteiger partial charge >= 0.3 is 0 Å². The first kappa shape index (κ1) is 11.6. The molecule has 100 valence electrons. The fourth-order valence-corrected chi connectivity index (χ4v) is 3.96. The molecule has 5 heteroatoms. The lowest BCUT2D eigenvalue weighted by Crippen LogP contribution is -2.28. The van der Waals surface area contributed by atoms with Gasteiger partial charge in [0.1, 0.15) is 0 Å². The number of fused-ring (bicyclic) bond motifs is 2. The number of anilines is 1. The first-order valence-electron chi connectivity index (χ1n) is 6.91. The summed E-state index contributed by atoms with van der Waals surface area (Å²) in [6.07, 6.45) is 3.73. The molecule has 19 heavy (non-hydrogen) atoms. The Morgan fingerprint density at radius 1 is 1.21 bits per heavy atom. The smallest absolute Gasteiger partial charge is 0.201 e. The summed E-state index contributed by atoms with van der Waals surface area (Å²) < 4.78 is 2.21. The zero-order valence-corrected chi connectivity index (χ0v) is 11.5. The number of nitrogen functional groups attached to an aromatic ring is 1. The van der Waals surface area contributed by atoms with Crippen LogP contribution < -0.4 is 5.73 Å². The van der Waals surface area contributed by atoms with E-state index in [1.54, 1.807) is 0 Å². The second-order valence-corrected chi connectivity index (χ2v) is 6.01. The molecule has 2 fully saturated rings. The molecule has 2 saturated heterocycles. The summed E-state index contributed by atoms with van der Waals surface area (Å²) in [6, 6.07) is 6.88. The quantitative estimate of drug-likeness (QED) is 0.871. The summed E-state index contributed by atoms with van der Waals surface area (Å²) in [7, 11) is 0. The second-order valence-electron chi connectivity index (χ2n) is 5.57. The molecule has 1 aromatic heterocycles. The molecular weight excluding hydrogens is 260 g/mol. The third-order valence-corrected chi connectivity index (χ3v) is 4.82. The Morgan fingerprint density at radius 3 is 3.00 bits per heavy atom. The standard InChI is InChI=1S/C14H17ClN4/c15-9-3-4-10-13(8-9)19(14(16)17-10)12-5-7-18-6-1-2-11(12)18/h3-4,8,11-12H,1-2,5-7H2,(H2,16,17). The van der Waals surface area contributed by atoms with Crippen LogP contribution in [0.15, 0.2) is 18.2 Å². The van der Waals surface area contributed by atoms with Crippen LogP contribution in [-0.4, -0.2) is 33.6 Å². The van der Waals surface area contributed by atoms with E-state index in [0.717, 1.165) is 22.5 Å². The lowest BCUT2D eigenvalue weighted by Gasteiger charge is -2.22. The molecule has 0 spiro atoms. The molecule has 0 bridgehead atoms. The van der Waals surface area contributed by atoms with Gasteiger partial charge in [0, 0.05) is 17.6 Å². The van der Waals surface area contributed by atoms with E-state index in [4.69, 9.17) is 17.3 Å². The monoisotopic (exact) mass is 276 g/mol. The molecule has 0 saturated carbocycles. The van der Waals surface area contributed by atoms with Gasteiger partial charge in [0.25, 0.3) is 0 Å². The molecular formula is C14H17ClN4. The molecule has 0 radical (unpaired) electrons. The van der Waals surface area contributed by atoms with Gasteiger partial charge in [0.15, 0.2) is 0 Å². The first-order chi connectivity index (χ1) is 9.24. The lowest BCUT2D eigenvalue weighted by molar-refractivity contribution is 0.293. The maximum Gasteiger partial charge on any atom is 0.201 e. The first-order valence-corrected chi connectivity index (χ1v) is 7.29. The molecule has 1 aromatic carbocycles. The van der Waals surface area contributed by atoms with Crippen molar-refractivity contribution >= 4 is 28.6 Å². The third kappa shape index (κ3) is 1.66. The molecule has 4 nitrogen and oxygen atoms in total. The summed E-state index contributed by atoms with van der Waals surface area (Å²) in [5.74, 6) is 0.621. The third-order valence-electron chi connectivity index (χ3n) is 4.58. The van der Waals surface area contributed by atoms with Gasteiger partial charge in [-0.25, -0.2) is 4.98 Å². The molecule has 4 rings (SSSR count). The van der Waals surface area contributed by atoms with Crippen molar-refractivity contribution in [2.24, 2.45) is 0 Å². The van der Waals surface area contributed by atoms with Crippen LogP contribution in [0.25, 0.3) is 11.0 Å². The Hall–Kier alpha value is -1.26. The Balaban J connectivity index is 1.86. The molecule has 2 aliphatic rings. The number of hydrogen-bond donors (Lipinski definition) is 1. The average molecular weight is 277 g/mol. The summed E-state index contributed by atoms with van der Waals surface area (Å²) in [4.78, 5) is 7.06. The minimum Gasteiger partial charge on any atom is -0.369 e. The van der Waals surface area contributed by atoms with Crippen LogP contribution in [0.1, 0.15) is 25.3 Å². The second kappa shape index (κ2) is 4.12. The largest absolute Gasteiger partial charge is 0.369 e. The van der Waals surface area contributed by atoms with Gasteiger partial charge in [-0.1, -0.05) is 11.6 Å². The van der Waals surface area contributed by atoms with E-state index in [0.29, 0.717) is 18.0 Å². The van der Waals surface area contributed by atoms with Crippen molar-refractivity contribution in [2.75, 3.05) is 18.8 Å². The summed E-state index contributed by atoms with van der Waals surface area (Å²) >= 11 is 6.13. The molecule has 0 aliphatic carbocycles. The van der Waals surface area contributed by atoms with Gasteiger partial charge in [-0.2, -0.15) is 0 Å². The summed E-state index contributed by atoms with van der Waals surface area (Å²) in [5.41, 5.74) is 8.17. The van der Waals surface area contributed by atoms with Crippen LogP contribution in [0.2, 0.25) is 5.02 Å². The minimum atomic E-state index is 0.450. The van der Waals surface area contributed by atoms with Crippen LogP contribution in [0.4, 0.5) is 5.95 Å². The SMILES string of the molecule is Nc1nc2ccc(Cl)cc2n1C1CCN2CCCC12. The number of nitrogens with two attached hydrogens (primary N) is 1. The van der Waals surface area contributed by atoms with Crippen molar-refractivity contribution in [2.45, 2.75) is 31.3 Å². The molecule has 2 aliphatic heterocycles. The Kier molecular flexibility index (Phi) is 2.50. The van der Waals surface area contributed by atoms with Gasteiger partial charge < -0.3 is 10.3 Å². The van der Waals surface area contributed by atoms with E-state index in [2.05, 4.69) is 14.5 Å². The summed E-state index contributed by atoms with van der Waals surface area (Å²) in [6.45, 7) is 2.41.